The Morgan fingerprint density at radius 1 is 1.16 bits per heavy atom. The van der Waals surface area contributed by atoms with Crippen LogP contribution in [-0.2, 0) is 9.59 Å². The Morgan fingerprint density at radius 3 is 2.42 bits per heavy atom. The van der Waals surface area contributed by atoms with Crippen LogP contribution >= 0.6 is 15.9 Å². The Balaban J connectivity index is 2.10. The third-order valence-electron chi connectivity index (χ3n) is 5.40. The van der Waals surface area contributed by atoms with Gasteiger partial charge in [-0.2, -0.15) is 0 Å². The molecule has 0 bridgehead atoms. The van der Waals surface area contributed by atoms with E-state index in [2.05, 4.69) is 15.9 Å². The van der Waals surface area contributed by atoms with E-state index in [0.717, 1.165) is 22.1 Å². The van der Waals surface area contributed by atoms with E-state index in [9.17, 15) is 14.7 Å². The monoisotopic (exact) mass is 486 g/mol. The predicted octanol–water partition coefficient (Wildman–Crippen LogP) is 4.14. The van der Waals surface area contributed by atoms with Gasteiger partial charge in [0.15, 0.2) is 0 Å². The molecule has 2 aromatic rings. The maximum absolute atomic E-state index is 13.0. The van der Waals surface area contributed by atoms with Crippen molar-refractivity contribution >= 4 is 33.4 Å². The average molecular weight is 487 g/mol. The van der Waals surface area contributed by atoms with Crippen molar-refractivity contribution in [3.8, 4) is 5.75 Å². The van der Waals surface area contributed by atoms with Gasteiger partial charge in [-0.1, -0.05) is 28.1 Å². The van der Waals surface area contributed by atoms with Crippen molar-refractivity contribution in [1.82, 2.24) is 9.80 Å². The molecule has 1 amide bonds. The molecular weight excluding hydrogens is 460 g/mol. The molecule has 1 N–H and O–H groups in total. The second kappa shape index (κ2) is 9.66. The van der Waals surface area contributed by atoms with Crippen LogP contribution in [0.1, 0.15) is 29.2 Å². The summed E-state index contributed by atoms with van der Waals surface area (Å²) < 4.78 is 6.19. The lowest BCUT2D eigenvalue weighted by Gasteiger charge is -2.26. The Kier molecular flexibility index (Phi) is 7.18. The molecule has 0 spiro atoms. The first kappa shape index (κ1) is 23.0. The zero-order chi connectivity index (χ0) is 22.7. The van der Waals surface area contributed by atoms with Crippen LogP contribution in [0.2, 0.25) is 0 Å². The number of aliphatic hydroxyl groups is 1. The van der Waals surface area contributed by atoms with E-state index in [-0.39, 0.29) is 11.3 Å². The number of rotatable bonds is 7. The number of amides is 1. The van der Waals surface area contributed by atoms with Gasteiger partial charge in [-0.3, -0.25) is 9.59 Å². The quantitative estimate of drug-likeness (QED) is 0.361. The number of benzene rings is 2. The highest BCUT2D eigenvalue weighted by atomic mass is 79.9. The van der Waals surface area contributed by atoms with Gasteiger partial charge < -0.3 is 19.6 Å². The maximum atomic E-state index is 13.0. The van der Waals surface area contributed by atoms with Gasteiger partial charge in [-0.25, -0.2) is 0 Å². The number of carbonyl (C=O) groups is 2. The van der Waals surface area contributed by atoms with Crippen LogP contribution in [-0.4, -0.2) is 60.9 Å². The van der Waals surface area contributed by atoms with E-state index in [0.29, 0.717) is 24.3 Å². The molecule has 0 aromatic heterocycles. The fourth-order valence-corrected chi connectivity index (χ4v) is 4.11. The van der Waals surface area contributed by atoms with Gasteiger partial charge in [0.2, 0.25) is 0 Å². The van der Waals surface area contributed by atoms with Crippen molar-refractivity contribution < 1.29 is 19.4 Å². The Morgan fingerprint density at radius 2 is 1.84 bits per heavy atom. The van der Waals surface area contributed by atoms with Gasteiger partial charge in [0.05, 0.1) is 18.7 Å². The summed E-state index contributed by atoms with van der Waals surface area (Å²) >= 11 is 3.43. The molecule has 0 saturated carbocycles. The molecule has 1 unspecified atom stereocenters. The molecule has 6 nitrogen and oxygen atoms in total. The highest BCUT2D eigenvalue weighted by Crippen LogP contribution is 2.40. The van der Waals surface area contributed by atoms with Gasteiger partial charge in [0, 0.05) is 16.6 Å². The van der Waals surface area contributed by atoms with Crippen molar-refractivity contribution in [2.24, 2.45) is 0 Å². The van der Waals surface area contributed by atoms with E-state index in [4.69, 9.17) is 4.74 Å². The average Bonchev–Trinajstić information content (AvgIpc) is 2.98. The highest BCUT2D eigenvalue weighted by molar-refractivity contribution is 9.10. The molecule has 31 heavy (non-hydrogen) atoms. The van der Waals surface area contributed by atoms with Gasteiger partial charge in [0.1, 0.15) is 11.5 Å². The molecule has 1 saturated heterocycles. The van der Waals surface area contributed by atoms with Gasteiger partial charge in [-0.15, -0.1) is 0 Å². The number of nitrogens with zero attached hydrogens (tertiary/aromatic N) is 2. The van der Waals surface area contributed by atoms with Crippen LogP contribution in [0.4, 0.5) is 0 Å². The first-order valence-corrected chi connectivity index (χ1v) is 10.9. The summed E-state index contributed by atoms with van der Waals surface area (Å²) in [7, 11) is 5.51. The number of likely N-dealkylation sites (tertiary alicyclic amines) is 1. The summed E-state index contributed by atoms with van der Waals surface area (Å²) in [5.41, 5.74) is 2.19. The largest absolute Gasteiger partial charge is 0.507 e. The SMILES string of the molecule is COc1ccc(/C(O)=C2/C(=O)C(=O)N(CCCN(C)C)C2c2ccc(Br)cc2)cc1C. The van der Waals surface area contributed by atoms with Crippen LogP contribution in [0.5, 0.6) is 5.75 Å². The lowest BCUT2D eigenvalue weighted by Crippen LogP contribution is -2.32. The van der Waals surface area contributed by atoms with Crippen molar-refractivity contribution in [2.75, 3.05) is 34.3 Å². The first-order chi connectivity index (χ1) is 14.7. The third-order valence-corrected chi connectivity index (χ3v) is 5.93. The summed E-state index contributed by atoms with van der Waals surface area (Å²) in [6.45, 7) is 3.07. The first-order valence-electron chi connectivity index (χ1n) is 10.1. The van der Waals surface area contributed by atoms with E-state index in [1.165, 1.54) is 0 Å². The zero-order valence-corrected chi connectivity index (χ0v) is 19.8. The summed E-state index contributed by atoms with van der Waals surface area (Å²) in [6.07, 6.45) is 0.717. The molecule has 7 heteroatoms. The van der Waals surface area contributed by atoms with Crippen LogP contribution in [0.15, 0.2) is 52.5 Å². The Labute approximate surface area is 191 Å². The topological polar surface area (TPSA) is 70.1 Å². The molecule has 3 rings (SSSR count). The standard InChI is InChI=1S/C24H27BrN2O4/c1-15-14-17(8-11-19(15)31-4)22(28)20-21(16-6-9-18(25)10-7-16)27(24(30)23(20)29)13-5-12-26(2)3/h6-11,14,21,28H,5,12-13H2,1-4H3/b22-20-. The van der Waals surface area contributed by atoms with Crippen molar-refractivity contribution in [3.63, 3.8) is 0 Å². The molecule has 1 heterocycles. The normalized spacial score (nSPS) is 18.1. The number of aliphatic hydroxyl groups excluding tert-OH is 1. The second-order valence-electron chi connectivity index (χ2n) is 7.89. The summed E-state index contributed by atoms with van der Waals surface area (Å²) in [5.74, 6) is -0.737. The minimum atomic E-state index is -0.663. The fourth-order valence-electron chi connectivity index (χ4n) is 3.84. The molecule has 0 radical (unpaired) electrons. The summed E-state index contributed by atoms with van der Waals surface area (Å²) in [6, 6.07) is 12.0. The van der Waals surface area contributed by atoms with Crippen LogP contribution in [0.25, 0.3) is 5.76 Å². The lowest BCUT2D eigenvalue weighted by atomic mass is 9.95. The Hall–Kier alpha value is -2.64. The third kappa shape index (κ3) is 4.83. The van der Waals surface area contributed by atoms with E-state index < -0.39 is 17.7 Å². The molecular formula is C24H27BrN2O4. The summed E-state index contributed by atoms with van der Waals surface area (Å²) in [4.78, 5) is 29.6. The molecule has 1 aliphatic rings. The van der Waals surface area contributed by atoms with Crippen LogP contribution in [0.3, 0.4) is 0 Å². The number of methoxy groups -OCH3 is 1. The van der Waals surface area contributed by atoms with E-state index in [1.54, 1.807) is 30.2 Å². The van der Waals surface area contributed by atoms with Gasteiger partial charge in [0.25, 0.3) is 11.7 Å². The number of hydrogen-bond donors (Lipinski definition) is 1. The predicted molar refractivity (Wildman–Crippen MR) is 124 cm³/mol. The molecule has 1 aliphatic heterocycles. The van der Waals surface area contributed by atoms with Crippen LogP contribution in [0, 0.1) is 6.92 Å². The Bertz CT molecular complexity index is 1010. The number of ketones is 1. The number of aryl methyl sites for hydroxylation is 1. The zero-order valence-electron chi connectivity index (χ0n) is 18.2. The molecule has 1 atom stereocenters. The number of ether oxygens (including phenoxy) is 1. The smallest absolute Gasteiger partial charge is 0.295 e. The number of hydrogen-bond acceptors (Lipinski definition) is 5. The molecule has 0 aliphatic carbocycles. The van der Waals surface area contributed by atoms with Crippen molar-refractivity contribution in [3.05, 3.63) is 69.2 Å². The molecule has 1 fully saturated rings. The lowest BCUT2D eigenvalue weighted by molar-refractivity contribution is -0.139. The van der Waals surface area contributed by atoms with E-state index >= 15 is 0 Å². The van der Waals surface area contributed by atoms with E-state index in [1.807, 2.05) is 50.2 Å². The molecule has 2 aromatic carbocycles. The van der Waals surface area contributed by atoms with Crippen LogP contribution < -0.4 is 4.74 Å². The van der Waals surface area contributed by atoms with Crippen molar-refractivity contribution in [1.29, 1.82) is 0 Å². The minimum absolute atomic E-state index is 0.113. The van der Waals surface area contributed by atoms with Gasteiger partial charge >= 0.3 is 0 Å². The fraction of sp³-hybridized carbons (Fsp3) is 0.333. The van der Waals surface area contributed by atoms with Crippen molar-refractivity contribution in [2.45, 2.75) is 19.4 Å². The maximum Gasteiger partial charge on any atom is 0.295 e. The molecule has 164 valence electrons. The number of halogens is 1. The minimum Gasteiger partial charge on any atom is -0.507 e. The highest BCUT2D eigenvalue weighted by Gasteiger charge is 2.45. The second-order valence-corrected chi connectivity index (χ2v) is 8.80. The number of Topliss-reactive ketones (excluding diaryl/α,β-unsaturated/α-hetero) is 1. The van der Waals surface area contributed by atoms with Gasteiger partial charge in [-0.05, 0) is 75.4 Å². The number of carbonyl (C=O) groups excluding carboxylic acids is 2. The summed E-state index contributed by atoms with van der Waals surface area (Å²) in [5, 5.41) is 11.1.